The molecule has 4 bridgehead atoms. The molecular weight excluding hydrogens is 435 g/mol. The van der Waals surface area contributed by atoms with Gasteiger partial charge in [-0.1, -0.05) is 23.2 Å². The summed E-state index contributed by atoms with van der Waals surface area (Å²) in [7, 11) is 3.99. The second kappa shape index (κ2) is 11.0. The zero-order valence-electron chi connectivity index (χ0n) is 17.9. The minimum atomic E-state index is 0.208. The smallest absolute Gasteiger partial charge is 0.128 e. The van der Waals surface area contributed by atoms with E-state index in [1.54, 1.807) is 36.7 Å². The molecule has 0 radical (unpaired) electrons. The van der Waals surface area contributed by atoms with E-state index >= 15 is 0 Å². The number of nitrogens with zero attached hydrogens (tertiary/aromatic N) is 4. The summed E-state index contributed by atoms with van der Waals surface area (Å²) in [6.45, 7) is 3.78. The molecule has 0 spiro atoms. The summed E-state index contributed by atoms with van der Waals surface area (Å²) in [5.74, 6) is 0.416. The molecule has 166 valence electrons. The molecule has 1 aliphatic heterocycles. The Morgan fingerprint density at radius 1 is 0.742 bits per heavy atom. The number of phenols is 2. The number of fused-ring (bicyclic) bond motifs is 4. The van der Waals surface area contributed by atoms with Crippen molar-refractivity contribution < 1.29 is 10.2 Å². The van der Waals surface area contributed by atoms with Gasteiger partial charge in [-0.15, -0.1) is 0 Å². The van der Waals surface area contributed by atoms with Gasteiger partial charge in [-0.05, 0) is 44.8 Å². The maximum atomic E-state index is 10.7. The van der Waals surface area contributed by atoms with E-state index in [1.807, 2.05) is 14.1 Å². The van der Waals surface area contributed by atoms with Gasteiger partial charge in [0.2, 0.25) is 0 Å². The van der Waals surface area contributed by atoms with E-state index in [4.69, 9.17) is 23.2 Å². The molecule has 31 heavy (non-hydrogen) atoms. The lowest BCUT2D eigenvalue weighted by atomic mass is 10.1. The standard InChI is InChI=1S/C23H28Cl2N4O2/c1-28-6-7-29(2)15-19-11-21(25)9-17(23(19)31)13-27-5-3-4-26-12-16-8-20(24)10-18(14-28)22(16)30/h8-13,30-31H,3-7,14-15H2,1-2H3. The Morgan fingerprint density at radius 3 is 1.58 bits per heavy atom. The van der Waals surface area contributed by atoms with Crippen LogP contribution >= 0.6 is 23.2 Å². The third-order valence-corrected chi connectivity index (χ3v) is 5.58. The Balaban J connectivity index is 1.86. The molecular formula is C23H28Cl2N4O2. The van der Waals surface area contributed by atoms with Crippen LogP contribution in [0.4, 0.5) is 0 Å². The van der Waals surface area contributed by atoms with Gasteiger partial charge in [-0.25, -0.2) is 0 Å². The van der Waals surface area contributed by atoms with Crippen LogP contribution in [0.5, 0.6) is 11.5 Å². The van der Waals surface area contributed by atoms with Gasteiger partial charge in [0.05, 0.1) is 0 Å². The second-order valence-electron chi connectivity index (χ2n) is 7.91. The fourth-order valence-electron chi connectivity index (χ4n) is 3.46. The lowest BCUT2D eigenvalue weighted by Crippen LogP contribution is -2.30. The van der Waals surface area contributed by atoms with Crippen molar-refractivity contribution in [2.45, 2.75) is 19.5 Å². The molecule has 3 rings (SSSR count). The van der Waals surface area contributed by atoms with E-state index in [1.165, 1.54) is 0 Å². The summed E-state index contributed by atoms with van der Waals surface area (Å²) in [6, 6.07) is 7.02. The largest absolute Gasteiger partial charge is 0.507 e. The molecule has 2 aromatic rings. The zero-order valence-corrected chi connectivity index (χ0v) is 19.4. The Labute approximate surface area is 193 Å². The summed E-state index contributed by atoms with van der Waals surface area (Å²) >= 11 is 12.5. The number of hydrogen-bond donors (Lipinski definition) is 2. The van der Waals surface area contributed by atoms with Crippen LogP contribution in [0, 0.1) is 0 Å². The first kappa shape index (κ1) is 23.5. The fraction of sp³-hybridized carbons (Fsp3) is 0.391. The van der Waals surface area contributed by atoms with Gasteiger partial charge in [0.25, 0.3) is 0 Å². The van der Waals surface area contributed by atoms with Gasteiger partial charge in [0.15, 0.2) is 0 Å². The highest BCUT2D eigenvalue weighted by Gasteiger charge is 2.13. The van der Waals surface area contributed by atoms with Gasteiger partial charge in [0, 0.05) is 84.0 Å². The van der Waals surface area contributed by atoms with E-state index in [-0.39, 0.29) is 11.5 Å². The van der Waals surface area contributed by atoms with Gasteiger partial charge in [-0.2, -0.15) is 0 Å². The first-order chi connectivity index (χ1) is 14.8. The zero-order chi connectivity index (χ0) is 22.4. The highest BCUT2D eigenvalue weighted by atomic mass is 35.5. The molecule has 0 amide bonds. The van der Waals surface area contributed by atoms with E-state index in [2.05, 4.69) is 19.8 Å². The third kappa shape index (κ3) is 6.68. The first-order valence-electron chi connectivity index (χ1n) is 10.2. The van der Waals surface area contributed by atoms with Crippen molar-refractivity contribution in [3.63, 3.8) is 0 Å². The molecule has 2 aromatic carbocycles. The Morgan fingerprint density at radius 2 is 1.16 bits per heavy atom. The minimum Gasteiger partial charge on any atom is -0.507 e. The van der Waals surface area contributed by atoms with Crippen LogP contribution in [-0.4, -0.2) is 72.7 Å². The topological polar surface area (TPSA) is 71.7 Å². The van der Waals surface area contributed by atoms with Crippen LogP contribution < -0.4 is 0 Å². The lowest BCUT2D eigenvalue weighted by Gasteiger charge is -2.23. The van der Waals surface area contributed by atoms with Gasteiger partial charge in [-0.3, -0.25) is 9.98 Å². The third-order valence-electron chi connectivity index (χ3n) is 5.15. The summed E-state index contributed by atoms with van der Waals surface area (Å²) in [5.41, 5.74) is 2.76. The average Bonchev–Trinajstić information content (AvgIpc) is 2.71. The van der Waals surface area contributed by atoms with Gasteiger partial charge >= 0.3 is 0 Å². The Kier molecular flexibility index (Phi) is 8.32. The number of hydrogen-bond acceptors (Lipinski definition) is 6. The summed E-state index contributed by atoms with van der Waals surface area (Å²) < 4.78 is 0. The lowest BCUT2D eigenvalue weighted by molar-refractivity contribution is 0.243. The summed E-state index contributed by atoms with van der Waals surface area (Å²) in [6.07, 6.45) is 4.05. The average molecular weight is 463 g/mol. The molecule has 0 aliphatic carbocycles. The molecule has 0 unspecified atom stereocenters. The number of halogens is 2. The van der Waals surface area contributed by atoms with Crippen molar-refractivity contribution >= 4 is 35.6 Å². The minimum absolute atomic E-state index is 0.208. The predicted octanol–water partition coefficient (Wildman–Crippen LogP) is 4.21. The van der Waals surface area contributed by atoms with Crippen molar-refractivity contribution in [2.75, 3.05) is 40.3 Å². The molecule has 0 saturated carbocycles. The molecule has 0 atom stereocenters. The highest BCUT2D eigenvalue weighted by Crippen LogP contribution is 2.28. The highest BCUT2D eigenvalue weighted by molar-refractivity contribution is 6.31. The molecule has 0 saturated heterocycles. The SMILES string of the molecule is CN1CCN(C)Cc2cc(Cl)cc(c2O)C=NCCCN=Cc2cc(Cl)cc(c2O)C1. The van der Waals surface area contributed by atoms with Crippen molar-refractivity contribution in [3.05, 3.63) is 56.6 Å². The van der Waals surface area contributed by atoms with Crippen molar-refractivity contribution in [1.29, 1.82) is 0 Å². The van der Waals surface area contributed by atoms with E-state index in [0.717, 1.165) is 30.6 Å². The molecule has 6 nitrogen and oxygen atoms in total. The maximum Gasteiger partial charge on any atom is 0.128 e. The number of phenolic OH excluding ortho intramolecular Hbond substituents is 2. The normalized spacial score (nSPS) is 17.2. The van der Waals surface area contributed by atoms with Crippen LogP contribution in [-0.2, 0) is 13.1 Å². The van der Waals surface area contributed by atoms with E-state index in [9.17, 15) is 10.2 Å². The molecule has 1 aliphatic rings. The molecule has 0 aromatic heterocycles. The van der Waals surface area contributed by atoms with Crippen molar-refractivity contribution in [2.24, 2.45) is 9.98 Å². The van der Waals surface area contributed by atoms with E-state index in [0.29, 0.717) is 47.4 Å². The van der Waals surface area contributed by atoms with Crippen LogP contribution in [0.15, 0.2) is 34.3 Å². The monoisotopic (exact) mass is 462 g/mol. The predicted molar refractivity (Wildman–Crippen MR) is 128 cm³/mol. The number of rotatable bonds is 0. The van der Waals surface area contributed by atoms with Gasteiger partial charge < -0.3 is 20.0 Å². The maximum absolute atomic E-state index is 10.7. The second-order valence-corrected chi connectivity index (χ2v) is 8.78. The quantitative estimate of drug-likeness (QED) is 0.614. The fourth-order valence-corrected chi connectivity index (χ4v) is 3.95. The number of aliphatic imine (C=N–C) groups is 2. The van der Waals surface area contributed by atoms with Crippen LogP contribution in [0.3, 0.4) is 0 Å². The number of aromatic hydroxyl groups is 2. The first-order valence-corrected chi connectivity index (χ1v) is 11.0. The number of likely N-dealkylation sites (N-methyl/N-ethyl adjacent to an activating group) is 2. The van der Waals surface area contributed by atoms with Gasteiger partial charge in [0.1, 0.15) is 11.5 Å². The molecule has 8 heteroatoms. The van der Waals surface area contributed by atoms with E-state index < -0.39 is 0 Å². The van der Waals surface area contributed by atoms with Crippen LogP contribution in [0.1, 0.15) is 28.7 Å². The Hall–Kier alpha value is -2.12. The number of benzene rings is 2. The summed E-state index contributed by atoms with van der Waals surface area (Å²) in [5, 5.41) is 22.5. The van der Waals surface area contributed by atoms with Crippen LogP contribution in [0.2, 0.25) is 10.0 Å². The molecule has 1 heterocycles. The van der Waals surface area contributed by atoms with Crippen molar-refractivity contribution in [1.82, 2.24) is 9.80 Å². The Bertz CT molecular complexity index is 901. The van der Waals surface area contributed by atoms with Crippen molar-refractivity contribution in [3.8, 4) is 11.5 Å². The summed E-state index contributed by atoms with van der Waals surface area (Å²) in [4.78, 5) is 13.0. The van der Waals surface area contributed by atoms with Crippen LogP contribution in [0.25, 0.3) is 0 Å². The molecule has 0 fully saturated rings. The molecule has 2 N–H and O–H groups in total.